The van der Waals surface area contributed by atoms with Crippen molar-refractivity contribution < 1.29 is 80.2 Å². The fraction of sp³-hybridized carbons (Fsp3) is 0.958. The van der Waals surface area contributed by atoms with Crippen LogP contribution < -0.4 is 0 Å². The van der Waals surface area contributed by atoms with Crippen LogP contribution in [-0.4, -0.2) is 96.7 Å². The van der Waals surface area contributed by atoms with Gasteiger partial charge in [0.15, 0.2) is 12.2 Å². The summed E-state index contributed by atoms with van der Waals surface area (Å²) in [6.07, 6.45) is 86.5. The van der Waals surface area contributed by atoms with Gasteiger partial charge in [-0.3, -0.25) is 37.3 Å². The summed E-state index contributed by atoms with van der Waals surface area (Å²) < 4.78 is 69.2. The molecule has 3 N–H and O–H groups in total. The Balaban J connectivity index is 5.23. The zero-order chi connectivity index (χ0) is 84.0. The number of esters is 4. The van der Waals surface area contributed by atoms with Crippen LogP contribution in [0.2, 0.25) is 0 Å². The zero-order valence-corrected chi connectivity index (χ0v) is 77.7. The highest BCUT2D eigenvalue weighted by atomic mass is 31.2. The van der Waals surface area contributed by atoms with Crippen molar-refractivity contribution in [3.63, 3.8) is 0 Å². The Morgan fingerprint density at radius 1 is 0.235 bits per heavy atom. The van der Waals surface area contributed by atoms with Crippen molar-refractivity contribution in [2.24, 2.45) is 5.92 Å². The van der Waals surface area contributed by atoms with Gasteiger partial charge in [0.1, 0.15) is 19.3 Å². The number of ether oxygens (including phenoxy) is 4. The lowest BCUT2D eigenvalue weighted by atomic mass is 10.0. The van der Waals surface area contributed by atoms with Crippen molar-refractivity contribution in [3.05, 3.63) is 0 Å². The van der Waals surface area contributed by atoms with Crippen LogP contribution >= 0.6 is 15.6 Å². The molecule has 0 saturated heterocycles. The Hall–Kier alpha value is -1.94. The van der Waals surface area contributed by atoms with Crippen molar-refractivity contribution in [2.45, 2.75) is 547 Å². The fourth-order valence-corrected chi connectivity index (χ4v) is 16.8. The van der Waals surface area contributed by atoms with Crippen molar-refractivity contribution in [2.75, 3.05) is 39.6 Å². The van der Waals surface area contributed by atoms with E-state index in [4.69, 9.17) is 37.0 Å². The molecule has 17 nitrogen and oxygen atoms in total. The van der Waals surface area contributed by atoms with Crippen LogP contribution in [0, 0.1) is 5.92 Å². The first kappa shape index (κ1) is 113. The third kappa shape index (κ3) is 89.6. The summed E-state index contributed by atoms with van der Waals surface area (Å²) in [5.74, 6) is -1.35. The second kappa shape index (κ2) is 88.4. The molecule has 0 saturated carbocycles. The van der Waals surface area contributed by atoms with Gasteiger partial charge in [0.25, 0.3) is 0 Å². The molecular formula is C96H188O17P2. The van der Waals surface area contributed by atoms with Crippen molar-refractivity contribution in [1.29, 1.82) is 0 Å². The van der Waals surface area contributed by atoms with E-state index in [1.54, 1.807) is 0 Å². The molecule has 0 spiro atoms. The molecule has 0 radical (unpaired) electrons. The molecule has 19 heteroatoms. The minimum absolute atomic E-state index is 0.109. The minimum Gasteiger partial charge on any atom is -0.462 e. The van der Waals surface area contributed by atoms with E-state index < -0.39 is 97.5 Å². The first-order valence-corrected chi connectivity index (χ1v) is 52.6. The highest BCUT2D eigenvalue weighted by Crippen LogP contribution is 2.45. The lowest BCUT2D eigenvalue weighted by Crippen LogP contribution is -2.30. The number of unbranched alkanes of at least 4 members (excludes halogenated alkanes) is 68. The van der Waals surface area contributed by atoms with Gasteiger partial charge in [-0.25, -0.2) is 9.13 Å². The third-order valence-electron chi connectivity index (χ3n) is 22.8. The largest absolute Gasteiger partial charge is 0.472 e. The molecule has 0 rings (SSSR count). The molecule has 0 heterocycles. The van der Waals surface area contributed by atoms with Crippen molar-refractivity contribution in [1.82, 2.24) is 0 Å². The number of carbonyl (C=O) groups excluding carboxylic acids is 4. The predicted octanol–water partition coefficient (Wildman–Crippen LogP) is 30.3. The summed E-state index contributed by atoms with van der Waals surface area (Å²) in [5, 5.41) is 10.7. The molecule has 5 atom stereocenters. The Bertz CT molecular complexity index is 2170. The predicted molar refractivity (Wildman–Crippen MR) is 479 cm³/mol. The first-order valence-electron chi connectivity index (χ1n) is 49.6. The Labute approximate surface area is 708 Å². The Kier molecular flexibility index (Phi) is 86.9. The number of rotatable bonds is 96. The van der Waals surface area contributed by atoms with Gasteiger partial charge in [0, 0.05) is 25.7 Å². The maximum Gasteiger partial charge on any atom is 0.472 e. The van der Waals surface area contributed by atoms with Crippen LogP contribution in [0.3, 0.4) is 0 Å². The van der Waals surface area contributed by atoms with E-state index in [-0.39, 0.29) is 25.7 Å². The number of aliphatic hydroxyl groups excluding tert-OH is 1. The molecule has 0 aromatic carbocycles. The lowest BCUT2D eigenvalue weighted by molar-refractivity contribution is -0.161. The zero-order valence-electron chi connectivity index (χ0n) is 76.0. The molecule has 0 amide bonds. The van der Waals surface area contributed by atoms with E-state index in [0.717, 1.165) is 95.8 Å². The summed E-state index contributed by atoms with van der Waals surface area (Å²) in [5.41, 5.74) is 0. The summed E-state index contributed by atoms with van der Waals surface area (Å²) in [4.78, 5) is 73.6. The van der Waals surface area contributed by atoms with Crippen LogP contribution in [-0.2, 0) is 65.4 Å². The molecule has 0 fully saturated rings. The van der Waals surface area contributed by atoms with Gasteiger partial charge in [-0.15, -0.1) is 0 Å². The summed E-state index contributed by atoms with van der Waals surface area (Å²) in [6, 6.07) is 0. The Morgan fingerprint density at radius 3 is 0.591 bits per heavy atom. The normalized spacial score (nSPS) is 13.6. The molecule has 0 aliphatic carbocycles. The average molecular weight is 1680 g/mol. The van der Waals surface area contributed by atoms with Crippen LogP contribution in [0.1, 0.15) is 529 Å². The molecular weight excluding hydrogens is 1490 g/mol. The second-order valence-corrected chi connectivity index (χ2v) is 37.8. The van der Waals surface area contributed by atoms with Crippen LogP contribution in [0.15, 0.2) is 0 Å². The van der Waals surface area contributed by atoms with Gasteiger partial charge >= 0.3 is 39.5 Å². The maximum absolute atomic E-state index is 13.2. The smallest absolute Gasteiger partial charge is 0.462 e. The standard InChI is InChI=1S/C96H188O17P2/c1-6-9-12-15-18-21-24-27-30-33-36-39-42-45-48-51-54-59-64-69-74-79-93(98)106-85-91(112-95(100)81-76-71-66-60-55-52-49-46-43-40-37-34-31-28-25-22-19-16-13-10-7-2)87-110-114(102,103)108-83-90(97)84-109-115(104,105)111-88-92(86-107-94(99)80-75-70-65-62-57-58-63-68-73-78-89(4)5)113-96(101)82-77-72-67-61-56-53-50-47-44-41-38-35-32-29-26-23-20-17-14-11-8-3/h89-92,97H,6-88H2,1-5H3,(H,102,103)(H,104,105)/t90-,91-,92-/m1/s1. The van der Waals surface area contributed by atoms with Gasteiger partial charge in [-0.2, -0.15) is 0 Å². The molecule has 0 aliphatic heterocycles. The van der Waals surface area contributed by atoms with Crippen LogP contribution in [0.4, 0.5) is 0 Å². The molecule has 0 aromatic rings. The quantitative estimate of drug-likeness (QED) is 0.0222. The maximum atomic E-state index is 13.2. The SMILES string of the molecule is CCCCCCCCCCCCCCCCCCCCCCCC(=O)OC[C@H](COP(=O)(O)OC[C@@H](O)COP(=O)(O)OC[C@@H](COC(=O)CCCCCCCCCCCC(C)C)OC(=O)CCCCCCCCCCCCCCCCCCCCCCC)OC(=O)CCCCCCCCCCCCCCCCCCCCCCC. The molecule has 0 aromatic heterocycles. The van der Waals surface area contributed by atoms with Gasteiger partial charge in [0.05, 0.1) is 26.4 Å². The first-order chi connectivity index (χ1) is 56.0. The van der Waals surface area contributed by atoms with E-state index in [1.165, 1.54) is 353 Å². The lowest BCUT2D eigenvalue weighted by Gasteiger charge is -2.21. The molecule has 0 aliphatic rings. The van der Waals surface area contributed by atoms with E-state index >= 15 is 0 Å². The number of aliphatic hydroxyl groups is 1. The van der Waals surface area contributed by atoms with Gasteiger partial charge in [-0.05, 0) is 31.6 Å². The third-order valence-corrected chi connectivity index (χ3v) is 24.7. The van der Waals surface area contributed by atoms with Gasteiger partial charge in [-0.1, -0.05) is 478 Å². The van der Waals surface area contributed by atoms with E-state index in [2.05, 4.69) is 34.6 Å². The summed E-state index contributed by atoms with van der Waals surface area (Å²) in [6.45, 7) is 7.40. The molecule has 115 heavy (non-hydrogen) atoms. The monoisotopic (exact) mass is 1680 g/mol. The van der Waals surface area contributed by atoms with E-state index in [0.29, 0.717) is 25.7 Å². The number of phosphoric acid groups is 2. The highest BCUT2D eigenvalue weighted by Gasteiger charge is 2.31. The van der Waals surface area contributed by atoms with Crippen LogP contribution in [0.25, 0.3) is 0 Å². The molecule has 2 unspecified atom stereocenters. The van der Waals surface area contributed by atoms with Crippen molar-refractivity contribution in [3.8, 4) is 0 Å². The van der Waals surface area contributed by atoms with Crippen LogP contribution in [0.5, 0.6) is 0 Å². The summed E-state index contributed by atoms with van der Waals surface area (Å²) >= 11 is 0. The van der Waals surface area contributed by atoms with E-state index in [1.807, 2.05) is 0 Å². The second-order valence-electron chi connectivity index (χ2n) is 34.9. The summed E-state index contributed by atoms with van der Waals surface area (Å²) in [7, 11) is -9.94. The number of phosphoric ester groups is 2. The number of carbonyl (C=O) groups is 4. The average Bonchev–Trinajstić information content (AvgIpc) is 0.891. The minimum atomic E-state index is -4.97. The number of hydrogen-bond acceptors (Lipinski definition) is 15. The van der Waals surface area contributed by atoms with Gasteiger partial charge < -0.3 is 33.8 Å². The Morgan fingerprint density at radius 2 is 0.400 bits per heavy atom. The fourth-order valence-electron chi connectivity index (χ4n) is 15.2. The topological polar surface area (TPSA) is 237 Å². The van der Waals surface area contributed by atoms with Crippen molar-refractivity contribution >= 4 is 39.5 Å². The molecule has 0 bridgehead atoms. The highest BCUT2D eigenvalue weighted by molar-refractivity contribution is 7.47. The molecule has 684 valence electrons. The van der Waals surface area contributed by atoms with E-state index in [9.17, 15) is 43.2 Å². The number of hydrogen-bond donors (Lipinski definition) is 3. The van der Waals surface area contributed by atoms with Gasteiger partial charge in [0.2, 0.25) is 0 Å².